The molecule has 1 saturated carbocycles. The van der Waals surface area contributed by atoms with Crippen LogP contribution in [-0.4, -0.2) is 29.8 Å². The Hall–Kier alpha value is -3.37. The number of ketones is 1. The summed E-state index contributed by atoms with van der Waals surface area (Å²) in [5, 5.41) is -0.0348. The molecule has 0 unspecified atom stereocenters. The van der Waals surface area contributed by atoms with E-state index in [1.165, 1.54) is 12.3 Å². The molecule has 0 atom stereocenters. The first kappa shape index (κ1) is 25.3. The van der Waals surface area contributed by atoms with E-state index >= 15 is 0 Å². The van der Waals surface area contributed by atoms with Gasteiger partial charge in [-0.25, -0.2) is 27.2 Å². The SMILES string of the molecule is Cc1cc(CS(=O)(=O)c2c(F)cccc2F)c(Cl)c(C2=C(c3ccnc(N)n3)OC3(CCCC3)C2=O)c1. The van der Waals surface area contributed by atoms with Crippen LogP contribution in [0.25, 0.3) is 11.3 Å². The van der Waals surface area contributed by atoms with E-state index in [0.29, 0.717) is 24.1 Å². The van der Waals surface area contributed by atoms with Gasteiger partial charge in [0.05, 0.1) is 16.3 Å². The number of nitrogens with zero attached hydrogens (tertiary/aromatic N) is 2. The lowest BCUT2D eigenvalue weighted by Crippen LogP contribution is -2.33. The highest BCUT2D eigenvalue weighted by atomic mass is 35.5. The Morgan fingerprint density at radius 2 is 1.81 bits per heavy atom. The van der Waals surface area contributed by atoms with Crippen molar-refractivity contribution in [1.82, 2.24) is 9.97 Å². The Kier molecular flexibility index (Phi) is 6.27. The number of sulfone groups is 1. The number of carbonyl (C=O) groups excluding carboxylic acids is 1. The Labute approximate surface area is 217 Å². The molecule has 2 aliphatic rings. The third kappa shape index (κ3) is 4.38. The molecule has 11 heteroatoms. The number of carbonyl (C=O) groups is 1. The van der Waals surface area contributed by atoms with Gasteiger partial charge in [-0.05, 0) is 62.4 Å². The summed E-state index contributed by atoms with van der Waals surface area (Å²) in [6, 6.07) is 7.55. The molecule has 1 aliphatic heterocycles. The standard InChI is InChI=1S/C26H22ClF2N3O4S/c1-14-11-15(13-37(34,35)23-17(28)5-4-6-18(23)29)21(27)16(12-14)20-22(19-7-10-31-25(30)32-19)36-26(24(20)33)8-2-3-9-26/h4-7,10-12H,2-3,8-9,13H2,1H3,(H2,30,31,32). The molecule has 1 aromatic heterocycles. The maximum Gasteiger partial charge on any atom is 0.220 e. The Morgan fingerprint density at radius 1 is 1.14 bits per heavy atom. The van der Waals surface area contributed by atoms with Crippen LogP contribution < -0.4 is 5.73 Å². The molecule has 0 amide bonds. The number of rotatable bonds is 5. The number of halogens is 3. The first-order valence-corrected chi connectivity index (χ1v) is 13.6. The van der Waals surface area contributed by atoms with Crippen molar-refractivity contribution in [2.45, 2.75) is 48.9 Å². The Morgan fingerprint density at radius 3 is 2.46 bits per heavy atom. The van der Waals surface area contributed by atoms with Crippen molar-refractivity contribution in [3.8, 4) is 0 Å². The van der Waals surface area contributed by atoms with Crippen LogP contribution in [0, 0.1) is 18.6 Å². The second-order valence-electron chi connectivity index (χ2n) is 9.23. The van der Waals surface area contributed by atoms with Gasteiger partial charge in [-0.3, -0.25) is 4.79 Å². The lowest BCUT2D eigenvalue weighted by Gasteiger charge is -2.22. The van der Waals surface area contributed by atoms with Gasteiger partial charge in [-0.1, -0.05) is 29.3 Å². The predicted molar refractivity (Wildman–Crippen MR) is 134 cm³/mol. The van der Waals surface area contributed by atoms with Crippen LogP contribution in [0.4, 0.5) is 14.7 Å². The first-order chi connectivity index (χ1) is 17.5. The van der Waals surface area contributed by atoms with Crippen LogP contribution in [0.2, 0.25) is 5.02 Å². The van der Waals surface area contributed by atoms with Gasteiger partial charge in [0, 0.05) is 11.8 Å². The number of aromatic nitrogens is 2. The maximum absolute atomic E-state index is 14.3. The van der Waals surface area contributed by atoms with Crippen molar-refractivity contribution in [3.05, 3.63) is 81.6 Å². The van der Waals surface area contributed by atoms with Crippen LogP contribution in [0.1, 0.15) is 48.1 Å². The summed E-state index contributed by atoms with van der Waals surface area (Å²) in [4.78, 5) is 20.9. The highest BCUT2D eigenvalue weighted by Gasteiger charge is 2.52. The molecular weight excluding hydrogens is 524 g/mol. The number of nitrogen functional groups attached to an aromatic ring is 1. The number of hydrogen-bond acceptors (Lipinski definition) is 7. The van der Waals surface area contributed by atoms with Crippen molar-refractivity contribution in [2.75, 3.05) is 5.73 Å². The molecule has 2 N–H and O–H groups in total. The second kappa shape index (κ2) is 9.18. The molecule has 2 heterocycles. The van der Waals surface area contributed by atoms with Crippen LogP contribution in [0.5, 0.6) is 0 Å². The number of aryl methyl sites for hydroxylation is 1. The van der Waals surface area contributed by atoms with Crippen molar-refractivity contribution >= 4 is 44.5 Å². The van der Waals surface area contributed by atoms with Gasteiger partial charge in [0.2, 0.25) is 11.7 Å². The average Bonchev–Trinajstić information content (AvgIpc) is 3.41. The van der Waals surface area contributed by atoms with Gasteiger partial charge in [0.1, 0.15) is 22.2 Å². The molecule has 0 radical (unpaired) electrons. The number of anilines is 1. The molecule has 2 aromatic carbocycles. The lowest BCUT2D eigenvalue weighted by molar-refractivity contribution is -0.127. The number of nitrogens with two attached hydrogens (primary N) is 1. The second-order valence-corrected chi connectivity index (χ2v) is 11.5. The summed E-state index contributed by atoms with van der Waals surface area (Å²) >= 11 is 6.73. The first-order valence-electron chi connectivity index (χ1n) is 11.6. The van der Waals surface area contributed by atoms with Gasteiger partial charge in [0.25, 0.3) is 0 Å². The summed E-state index contributed by atoms with van der Waals surface area (Å²) < 4.78 is 61.0. The minimum Gasteiger partial charge on any atom is -0.476 e. The molecule has 37 heavy (non-hydrogen) atoms. The lowest BCUT2D eigenvalue weighted by atomic mass is 9.88. The van der Waals surface area contributed by atoms with Crippen molar-refractivity contribution in [1.29, 1.82) is 0 Å². The van der Waals surface area contributed by atoms with Crippen LogP contribution in [0.3, 0.4) is 0 Å². The minimum absolute atomic E-state index is 0.0122. The van der Waals surface area contributed by atoms with E-state index in [0.717, 1.165) is 31.0 Å². The van der Waals surface area contributed by atoms with Gasteiger partial charge in [0.15, 0.2) is 21.2 Å². The van der Waals surface area contributed by atoms with E-state index in [1.54, 1.807) is 19.1 Å². The molecule has 5 rings (SSSR count). The highest BCUT2D eigenvalue weighted by Crippen LogP contribution is 2.50. The summed E-state index contributed by atoms with van der Waals surface area (Å²) in [5.41, 5.74) is 6.09. The number of hydrogen-bond donors (Lipinski definition) is 1. The normalized spacial score (nSPS) is 17.0. The average molecular weight is 546 g/mol. The predicted octanol–water partition coefficient (Wildman–Crippen LogP) is 5.05. The van der Waals surface area contributed by atoms with E-state index in [-0.39, 0.29) is 39.2 Å². The number of ether oxygens (including phenoxy) is 1. The molecule has 1 aliphatic carbocycles. The summed E-state index contributed by atoms with van der Waals surface area (Å²) in [5.74, 6) is -3.28. The highest BCUT2D eigenvalue weighted by molar-refractivity contribution is 7.90. The zero-order valence-corrected chi connectivity index (χ0v) is 21.3. The molecule has 7 nitrogen and oxygen atoms in total. The van der Waals surface area contributed by atoms with Crippen LogP contribution in [0.15, 0.2) is 47.5 Å². The van der Waals surface area contributed by atoms with Gasteiger partial charge >= 0.3 is 0 Å². The zero-order chi connectivity index (χ0) is 26.5. The molecule has 3 aromatic rings. The van der Waals surface area contributed by atoms with Gasteiger partial charge < -0.3 is 10.5 Å². The molecule has 0 saturated heterocycles. The monoisotopic (exact) mass is 545 g/mol. The molecule has 1 spiro atoms. The van der Waals surface area contributed by atoms with Gasteiger partial charge in [-0.2, -0.15) is 0 Å². The number of benzene rings is 2. The summed E-state index contributed by atoms with van der Waals surface area (Å²) in [6.45, 7) is 1.70. The van der Waals surface area contributed by atoms with Crippen LogP contribution in [-0.2, 0) is 25.1 Å². The van der Waals surface area contributed by atoms with Crippen molar-refractivity contribution < 1.29 is 26.7 Å². The molecule has 0 bridgehead atoms. The Bertz CT molecular complexity index is 1560. The van der Waals surface area contributed by atoms with E-state index in [9.17, 15) is 22.0 Å². The summed E-state index contributed by atoms with van der Waals surface area (Å²) in [7, 11) is -4.47. The third-order valence-electron chi connectivity index (χ3n) is 6.62. The molecule has 192 valence electrons. The Balaban J connectivity index is 1.67. The smallest absolute Gasteiger partial charge is 0.220 e. The summed E-state index contributed by atoms with van der Waals surface area (Å²) in [6.07, 6.45) is 4.07. The zero-order valence-electron chi connectivity index (χ0n) is 19.7. The van der Waals surface area contributed by atoms with E-state index < -0.39 is 37.7 Å². The maximum atomic E-state index is 14.3. The van der Waals surface area contributed by atoms with E-state index in [2.05, 4.69) is 9.97 Å². The quantitative estimate of drug-likeness (QED) is 0.477. The third-order valence-corrected chi connectivity index (χ3v) is 8.77. The minimum atomic E-state index is -4.47. The molecular formula is C26H22ClF2N3O4S. The van der Waals surface area contributed by atoms with Gasteiger partial charge in [-0.15, -0.1) is 0 Å². The molecule has 1 fully saturated rings. The fourth-order valence-corrected chi connectivity index (χ4v) is 6.87. The largest absolute Gasteiger partial charge is 0.476 e. The fraction of sp³-hybridized carbons (Fsp3) is 0.269. The fourth-order valence-electron chi connectivity index (χ4n) is 5.01. The van der Waals surface area contributed by atoms with Crippen molar-refractivity contribution in [2.24, 2.45) is 0 Å². The van der Waals surface area contributed by atoms with Crippen molar-refractivity contribution in [3.63, 3.8) is 0 Å². The van der Waals surface area contributed by atoms with E-state index in [1.807, 2.05) is 0 Å². The van der Waals surface area contributed by atoms with Crippen LogP contribution >= 0.6 is 11.6 Å². The number of Topliss-reactive ketones (excluding diaryl/α,β-unsaturated/α-hetero) is 1. The van der Waals surface area contributed by atoms with E-state index in [4.69, 9.17) is 22.1 Å². The topological polar surface area (TPSA) is 112 Å².